The fraction of sp³-hybridized carbons (Fsp3) is 0.442. The van der Waals surface area contributed by atoms with Crippen LogP contribution in [0.4, 0.5) is 9.59 Å². The van der Waals surface area contributed by atoms with Gasteiger partial charge in [0.15, 0.2) is 11.2 Å². The first-order valence-corrected chi connectivity index (χ1v) is 19.2. The van der Waals surface area contributed by atoms with Gasteiger partial charge in [0.1, 0.15) is 22.7 Å². The first-order valence-electron chi connectivity index (χ1n) is 19.2. The molecule has 2 fully saturated rings. The second kappa shape index (κ2) is 16.7. The van der Waals surface area contributed by atoms with Gasteiger partial charge in [0, 0.05) is 64.3 Å². The Morgan fingerprint density at radius 2 is 1.03 bits per heavy atom. The first kappa shape index (κ1) is 44.7. The van der Waals surface area contributed by atoms with Crippen molar-refractivity contribution in [2.24, 2.45) is 0 Å². The summed E-state index contributed by atoms with van der Waals surface area (Å²) >= 11 is 0. The van der Waals surface area contributed by atoms with Crippen molar-refractivity contribution in [1.29, 1.82) is 0 Å². The minimum atomic E-state index is -0.988. The topological polar surface area (TPSA) is 181 Å². The zero-order chi connectivity index (χ0) is 40.9. The molecule has 4 aliphatic rings. The number of aromatic nitrogens is 2. The number of hydrogen-bond donors (Lipinski definition) is 1. The van der Waals surface area contributed by atoms with Crippen LogP contribution in [0.1, 0.15) is 99.3 Å². The van der Waals surface area contributed by atoms with Crippen LogP contribution in [0.25, 0.3) is 11.4 Å². The molecule has 2 saturated heterocycles. The van der Waals surface area contributed by atoms with E-state index in [1.54, 1.807) is 40.1 Å². The number of ether oxygens (including phenoxy) is 5. The predicted molar refractivity (Wildman–Crippen MR) is 210 cm³/mol. The molecule has 6 heterocycles. The summed E-state index contributed by atoms with van der Waals surface area (Å²) in [4.78, 5) is 51.6. The zero-order valence-electron chi connectivity index (χ0n) is 34.9. The Balaban J connectivity index is 0.000000217. The van der Waals surface area contributed by atoms with Crippen molar-refractivity contribution < 1.29 is 72.3 Å². The van der Waals surface area contributed by atoms with Crippen LogP contribution in [0.2, 0.25) is 0 Å². The fourth-order valence-corrected chi connectivity index (χ4v) is 7.89. The van der Waals surface area contributed by atoms with Crippen LogP contribution in [-0.2, 0) is 25.4 Å². The summed E-state index contributed by atoms with van der Waals surface area (Å²) < 4.78 is 32.9. The molecule has 8 rings (SSSR count). The van der Waals surface area contributed by atoms with Gasteiger partial charge in [-0.2, -0.15) is 0 Å². The van der Waals surface area contributed by atoms with Crippen molar-refractivity contribution in [2.45, 2.75) is 89.6 Å². The smallest absolute Gasteiger partial charge is 0.870 e. The number of carbonyl (C=O) groups excluding carboxylic acids is 3. The van der Waals surface area contributed by atoms with Gasteiger partial charge in [-0.15, -0.1) is 0 Å². The summed E-state index contributed by atoms with van der Waals surface area (Å²) in [7, 11) is 1.36. The van der Waals surface area contributed by atoms with Gasteiger partial charge in [-0.1, -0.05) is 0 Å². The number of benzene rings is 2. The van der Waals surface area contributed by atoms with Gasteiger partial charge in [-0.25, -0.2) is 19.2 Å². The number of esters is 1. The van der Waals surface area contributed by atoms with E-state index in [9.17, 15) is 24.3 Å². The summed E-state index contributed by atoms with van der Waals surface area (Å²) in [6.07, 6.45) is 5.82. The maximum absolute atomic E-state index is 12.4. The second-order valence-corrected chi connectivity index (χ2v) is 16.8. The van der Waals surface area contributed by atoms with Crippen molar-refractivity contribution in [3.8, 4) is 22.9 Å². The van der Waals surface area contributed by atoms with Gasteiger partial charge >= 0.3 is 43.0 Å². The first-order chi connectivity index (χ1) is 26.9. The Morgan fingerprint density at radius 1 is 0.644 bits per heavy atom. The Labute approximate surface area is 355 Å². The van der Waals surface area contributed by atoms with Crippen LogP contribution in [0.3, 0.4) is 0 Å². The molecule has 0 radical (unpaired) electrons. The van der Waals surface area contributed by atoms with Gasteiger partial charge in [-0.05, 0) is 102 Å². The molecule has 0 bridgehead atoms. The van der Waals surface area contributed by atoms with Gasteiger partial charge in [0.05, 0.1) is 41.0 Å². The van der Waals surface area contributed by atoms with Crippen LogP contribution in [0.15, 0.2) is 73.1 Å². The number of piperidine rings is 2. The van der Waals surface area contributed by atoms with Crippen LogP contribution in [0.5, 0.6) is 11.5 Å². The van der Waals surface area contributed by atoms with Crippen LogP contribution >= 0.6 is 0 Å². The van der Waals surface area contributed by atoms with E-state index in [2.05, 4.69) is 10.6 Å². The molecule has 0 unspecified atom stereocenters. The Morgan fingerprint density at radius 3 is 1.41 bits per heavy atom. The number of carboxylic acid groups (broad SMARTS) is 1. The van der Waals surface area contributed by atoms with Gasteiger partial charge in [0.25, 0.3) is 0 Å². The molecule has 16 heteroatoms. The average molecular weight is 807 g/mol. The molecule has 2 spiro atoms. The number of aromatic carboxylic acids is 1. The molecule has 15 nitrogen and oxygen atoms in total. The molecule has 59 heavy (non-hydrogen) atoms. The molecule has 4 aromatic rings. The van der Waals surface area contributed by atoms with Crippen molar-refractivity contribution in [1.82, 2.24) is 18.9 Å². The van der Waals surface area contributed by atoms with E-state index in [1.165, 1.54) is 7.11 Å². The fourth-order valence-electron chi connectivity index (χ4n) is 7.89. The molecule has 0 aliphatic carbocycles. The number of likely N-dealkylation sites (tertiary alicyclic amines) is 2. The number of hydrogen-bond acceptors (Lipinski definition) is 10. The maximum Gasteiger partial charge on any atom is 1.00 e. The third-order valence-corrected chi connectivity index (χ3v) is 10.6. The molecule has 2 amide bonds. The molecule has 0 atom stereocenters. The van der Waals surface area contributed by atoms with E-state index in [0.717, 1.165) is 22.8 Å². The molecular weight excluding hydrogens is 755 g/mol. The molecule has 310 valence electrons. The molecular formula is C43H51LiN4O11. The number of rotatable bonds is 2. The third-order valence-electron chi connectivity index (χ3n) is 10.6. The Bertz CT molecular complexity index is 2200. The van der Waals surface area contributed by atoms with Crippen molar-refractivity contribution in [2.75, 3.05) is 33.3 Å². The van der Waals surface area contributed by atoms with E-state index in [-0.39, 0.29) is 42.1 Å². The number of methoxy groups -OCH3 is 1. The van der Waals surface area contributed by atoms with Crippen molar-refractivity contribution in [3.05, 3.63) is 95.6 Å². The largest absolute Gasteiger partial charge is 1.00 e. The van der Waals surface area contributed by atoms with E-state index in [1.807, 2.05) is 82.8 Å². The SMILES string of the molecule is CC(C)(C)OC(=O)N1CCC2(CC1)Oc1cc(C(=O)O)ccc1-n1cccc12.COC(=O)c1ccc2c(c1)OC1(CCN(C(=O)OC(C)(C)C)CC1)c1cccn1-2.[Li+].[OH-]. The third kappa shape index (κ3) is 8.97. The Kier molecular flexibility index (Phi) is 12.7. The number of carboxylic acids is 1. The minimum Gasteiger partial charge on any atom is -0.870 e. The van der Waals surface area contributed by atoms with Gasteiger partial charge < -0.3 is 53.2 Å². The van der Waals surface area contributed by atoms with Gasteiger partial charge in [0.2, 0.25) is 0 Å². The van der Waals surface area contributed by atoms with E-state index in [0.29, 0.717) is 68.9 Å². The summed E-state index contributed by atoms with van der Waals surface area (Å²) in [6.45, 7) is 13.2. The number of carbonyl (C=O) groups is 4. The molecule has 2 N–H and O–H groups in total. The number of fused-ring (bicyclic) bond motifs is 8. The monoisotopic (exact) mass is 806 g/mol. The average Bonchev–Trinajstić information content (AvgIpc) is 3.86. The second-order valence-electron chi connectivity index (χ2n) is 16.8. The minimum absolute atomic E-state index is 0. The number of nitrogens with zero attached hydrogens (tertiary/aromatic N) is 4. The summed E-state index contributed by atoms with van der Waals surface area (Å²) in [5.41, 5.74) is 2.23. The quantitative estimate of drug-likeness (QED) is 0.171. The molecule has 4 aliphatic heterocycles. The molecule has 2 aromatic heterocycles. The summed E-state index contributed by atoms with van der Waals surface area (Å²) in [5, 5.41) is 9.31. The van der Waals surface area contributed by atoms with Crippen LogP contribution < -0.4 is 28.3 Å². The predicted octanol–water partition coefficient (Wildman–Crippen LogP) is 4.50. The van der Waals surface area contributed by atoms with Crippen molar-refractivity contribution >= 4 is 24.1 Å². The normalized spacial score (nSPS) is 16.7. The van der Waals surface area contributed by atoms with Gasteiger partial charge in [-0.3, -0.25) is 0 Å². The summed E-state index contributed by atoms with van der Waals surface area (Å²) in [6, 6.07) is 18.3. The number of amides is 2. The zero-order valence-corrected chi connectivity index (χ0v) is 34.9. The van der Waals surface area contributed by atoms with E-state index < -0.39 is 34.3 Å². The van der Waals surface area contributed by atoms with Crippen molar-refractivity contribution in [3.63, 3.8) is 0 Å². The summed E-state index contributed by atoms with van der Waals surface area (Å²) in [5.74, 6) is -0.196. The van der Waals surface area contributed by atoms with Crippen LogP contribution in [-0.4, -0.2) is 98.1 Å². The standard InChI is InChI=1S/C22H26N2O5.C21H24N2O5.Li.H2O/c1-21(2,3)29-20(26)23-12-9-22(10-13-23)18-6-5-11-24(18)16-8-7-15(19(25)27-4)14-17(16)28-22;1-20(2,3)28-19(26)22-11-8-21(9-12-22)17-5-4-10-23(17)15-7-6-14(18(24)25)13-16(15)27-21;;/h5-8,11,14H,9-10,12-13H2,1-4H3;4-7,10,13H,8-9,11-12H2,1-3H3,(H,24,25);;1H2/q;;+1;/p-1. The molecule has 0 saturated carbocycles. The van der Waals surface area contributed by atoms with E-state index in [4.69, 9.17) is 23.7 Å². The molecule has 2 aromatic carbocycles. The Hall–Kier alpha value is -5.36. The van der Waals surface area contributed by atoms with E-state index >= 15 is 0 Å². The van der Waals surface area contributed by atoms with Crippen LogP contribution in [0, 0.1) is 0 Å². The maximum atomic E-state index is 12.4.